The average Bonchev–Trinajstić information content (AvgIpc) is 2.59. The molecule has 3 nitrogen and oxygen atoms in total. The van der Waals surface area contributed by atoms with Crippen LogP contribution in [-0.4, -0.2) is 13.2 Å². The molecule has 1 aromatic rings. The number of furan rings is 1. The van der Waals surface area contributed by atoms with Gasteiger partial charge in [-0.25, -0.2) is 0 Å². The second-order valence-electron chi connectivity index (χ2n) is 2.70. The molecule has 0 aliphatic heterocycles. The lowest BCUT2D eigenvalue weighted by molar-refractivity contribution is 0.118. The van der Waals surface area contributed by atoms with Crippen LogP contribution in [0.5, 0.6) is 0 Å². The first kappa shape index (κ1) is 10.3. The summed E-state index contributed by atoms with van der Waals surface area (Å²) < 4.78 is 15.7. The first-order chi connectivity index (χ1) is 6.36. The van der Waals surface area contributed by atoms with Crippen molar-refractivity contribution in [2.75, 3.05) is 13.2 Å². The van der Waals surface area contributed by atoms with Crippen LogP contribution in [0.3, 0.4) is 0 Å². The molecule has 1 rings (SSSR count). The third kappa shape index (κ3) is 3.61. The fourth-order valence-corrected chi connectivity index (χ4v) is 1.00. The molecule has 0 amide bonds. The highest BCUT2D eigenvalue weighted by Crippen LogP contribution is 2.09. The summed E-state index contributed by atoms with van der Waals surface area (Å²) in [5.74, 6) is 0.858. The molecule has 0 aromatic carbocycles. The molecule has 0 atom stereocenters. The Kier molecular flexibility index (Phi) is 4.57. The van der Waals surface area contributed by atoms with Gasteiger partial charge in [-0.05, 0) is 19.9 Å². The van der Waals surface area contributed by atoms with Crippen molar-refractivity contribution in [1.82, 2.24) is 0 Å². The molecule has 13 heavy (non-hydrogen) atoms. The van der Waals surface area contributed by atoms with Crippen LogP contribution in [0.25, 0.3) is 0 Å². The molecule has 0 bridgehead atoms. The van der Waals surface area contributed by atoms with E-state index in [0.717, 1.165) is 17.9 Å². The zero-order valence-corrected chi connectivity index (χ0v) is 8.21. The Morgan fingerprint density at radius 2 is 1.85 bits per heavy atom. The SMILES string of the molecule is CCOCc1coc(COCC)c1. The third-order valence-corrected chi connectivity index (χ3v) is 1.63. The molecule has 3 heteroatoms. The molecule has 1 heterocycles. The van der Waals surface area contributed by atoms with Crippen LogP contribution in [0.15, 0.2) is 16.7 Å². The van der Waals surface area contributed by atoms with Crippen molar-refractivity contribution in [2.45, 2.75) is 27.1 Å². The number of hydrogen-bond donors (Lipinski definition) is 0. The van der Waals surface area contributed by atoms with E-state index in [-0.39, 0.29) is 0 Å². The largest absolute Gasteiger partial charge is 0.467 e. The maximum absolute atomic E-state index is 5.26. The van der Waals surface area contributed by atoms with Gasteiger partial charge >= 0.3 is 0 Å². The van der Waals surface area contributed by atoms with Gasteiger partial charge in [0.2, 0.25) is 0 Å². The zero-order valence-electron chi connectivity index (χ0n) is 8.21. The molecule has 0 unspecified atom stereocenters. The molecule has 0 saturated heterocycles. The van der Waals surface area contributed by atoms with Crippen LogP contribution in [0, 0.1) is 0 Å². The van der Waals surface area contributed by atoms with Crippen molar-refractivity contribution >= 4 is 0 Å². The van der Waals surface area contributed by atoms with Gasteiger partial charge in [-0.15, -0.1) is 0 Å². The smallest absolute Gasteiger partial charge is 0.129 e. The molecule has 0 saturated carbocycles. The first-order valence-corrected chi connectivity index (χ1v) is 4.58. The molecule has 0 radical (unpaired) electrons. The van der Waals surface area contributed by atoms with E-state index in [0.29, 0.717) is 19.8 Å². The van der Waals surface area contributed by atoms with E-state index in [1.165, 1.54) is 0 Å². The van der Waals surface area contributed by atoms with Gasteiger partial charge in [-0.1, -0.05) is 0 Å². The molecular weight excluding hydrogens is 168 g/mol. The molecule has 0 aliphatic rings. The van der Waals surface area contributed by atoms with Crippen LogP contribution in [0.4, 0.5) is 0 Å². The van der Waals surface area contributed by atoms with E-state index in [2.05, 4.69) is 0 Å². The van der Waals surface area contributed by atoms with Crippen LogP contribution < -0.4 is 0 Å². The van der Waals surface area contributed by atoms with Gasteiger partial charge in [0.15, 0.2) is 0 Å². The van der Waals surface area contributed by atoms with E-state index >= 15 is 0 Å². The summed E-state index contributed by atoms with van der Waals surface area (Å²) in [4.78, 5) is 0. The van der Waals surface area contributed by atoms with Crippen molar-refractivity contribution in [3.8, 4) is 0 Å². The predicted molar refractivity (Wildman–Crippen MR) is 49.4 cm³/mol. The van der Waals surface area contributed by atoms with Gasteiger partial charge in [-0.2, -0.15) is 0 Å². The Balaban J connectivity index is 2.34. The Morgan fingerprint density at radius 3 is 2.54 bits per heavy atom. The minimum absolute atomic E-state index is 0.544. The fraction of sp³-hybridized carbons (Fsp3) is 0.600. The summed E-state index contributed by atoms with van der Waals surface area (Å²) >= 11 is 0. The summed E-state index contributed by atoms with van der Waals surface area (Å²) in [5.41, 5.74) is 1.07. The van der Waals surface area contributed by atoms with Gasteiger partial charge in [0.25, 0.3) is 0 Å². The molecule has 1 aromatic heterocycles. The Hall–Kier alpha value is -0.800. The van der Waals surface area contributed by atoms with Crippen molar-refractivity contribution in [3.63, 3.8) is 0 Å². The highest BCUT2D eigenvalue weighted by Gasteiger charge is 2.00. The molecule has 0 N–H and O–H groups in total. The second-order valence-corrected chi connectivity index (χ2v) is 2.70. The van der Waals surface area contributed by atoms with Crippen LogP contribution in [0.2, 0.25) is 0 Å². The normalized spacial score (nSPS) is 10.6. The van der Waals surface area contributed by atoms with E-state index in [4.69, 9.17) is 13.9 Å². The van der Waals surface area contributed by atoms with E-state index in [9.17, 15) is 0 Å². The summed E-state index contributed by atoms with van der Waals surface area (Å²) in [6.45, 7) is 6.54. The fourth-order valence-electron chi connectivity index (χ4n) is 1.00. The van der Waals surface area contributed by atoms with Crippen molar-refractivity contribution in [2.24, 2.45) is 0 Å². The Bertz CT molecular complexity index is 207. The molecular formula is C10H16O3. The monoisotopic (exact) mass is 184 g/mol. The van der Waals surface area contributed by atoms with Crippen LogP contribution in [0.1, 0.15) is 25.2 Å². The maximum Gasteiger partial charge on any atom is 0.129 e. The molecule has 0 aliphatic carbocycles. The average molecular weight is 184 g/mol. The Labute approximate surface area is 78.6 Å². The summed E-state index contributed by atoms with van der Waals surface area (Å²) in [7, 11) is 0. The standard InChI is InChI=1S/C10H16O3/c1-3-11-6-9-5-10(13-7-9)8-12-4-2/h5,7H,3-4,6,8H2,1-2H3. The van der Waals surface area contributed by atoms with Crippen molar-refractivity contribution in [1.29, 1.82) is 0 Å². The third-order valence-electron chi connectivity index (χ3n) is 1.63. The van der Waals surface area contributed by atoms with E-state index in [1.54, 1.807) is 6.26 Å². The highest BCUT2D eigenvalue weighted by molar-refractivity contribution is 5.11. The van der Waals surface area contributed by atoms with Gasteiger partial charge < -0.3 is 13.9 Å². The van der Waals surface area contributed by atoms with Gasteiger partial charge in [0.05, 0.1) is 12.9 Å². The van der Waals surface area contributed by atoms with E-state index < -0.39 is 0 Å². The van der Waals surface area contributed by atoms with Crippen LogP contribution in [-0.2, 0) is 22.7 Å². The lowest BCUT2D eigenvalue weighted by atomic mass is 10.3. The Morgan fingerprint density at radius 1 is 1.15 bits per heavy atom. The first-order valence-electron chi connectivity index (χ1n) is 4.58. The summed E-state index contributed by atoms with van der Waals surface area (Å²) in [6, 6.07) is 1.96. The minimum Gasteiger partial charge on any atom is -0.467 e. The quantitative estimate of drug-likeness (QED) is 0.680. The van der Waals surface area contributed by atoms with Gasteiger partial charge in [0, 0.05) is 18.8 Å². The maximum atomic E-state index is 5.26. The number of ether oxygens (including phenoxy) is 2. The lowest BCUT2D eigenvalue weighted by Crippen LogP contribution is -1.90. The topological polar surface area (TPSA) is 31.6 Å². The lowest BCUT2D eigenvalue weighted by Gasteiger charge is -1.95. The summed E-state index contributed by atoms with van der Waals surface area (Å²) in [5, 5.41) is 0. The van der Waals surface area contributed by atoms with E-state index in [1.807, 2.05) is 19.9 Å². The van der Waals surface area contributed by atoms with Crippen molar-refractivity contribution in [3.05, 3.63) is 23.7 Å². The van der Waals surface area contributed by atoms with Crippen LogP contribution >= 0.6 is 0 Å². The van der Waals surface area contributed by atoms with Gasteiger partial charge in [-0.3, -0.25) is 0 Å². The van der Waals surface area contributed by atoms with Gasteiger partial charge in [0.1, 0.15) is 12.4 Å². The number of hydrogen-bond acceptors (Lipinski definition) is 3. The minimum atomic E-state index is 0.544. The highest BCUT2D eigenvalue weighted by atomic mass is 16.5. The predicted octanol–water partition coefficient (Wildman–Crippen LogP) is 2.35. The zero-order chi connectivity index (χ0) is 9.52. The second kappa shape index (κ2) is 5.78. The van der Waals surface area contributed by atoms with Crippen molar-refractivity contribution < 1.29 is 13.9 Å². The molecule has 0 fully saturated rings. The molecule has 74 valence electrons. The molecule has 0 spiro atoms. The number of rotatable bonds is 6. The summed E-state index contributed by atoms with van der Waals surface area (Å²) in [6.07, 6.45) is 1.71.